The zero-order chi connectivity index (χ0) is 11.5. The molecule has 1 aromatic rings. The molecule has 0 unspecified atom stereocenters. The van der Waals surface area contributed by atoms with Crippen molar-refractivity contribution in [2.24, 2.45) is 5.92 Å². The number of hydrogen-bond acceptors (Lipinski definition) is 1. The van der Waals surface area contributed by atoms with Crippen LogP contribution in [0.1, 0.15) is 50.0 Å². The molecular formula is C15H22O. The molecule has 1 atom stereocenters. The topological polar surface area (TPSA) is 13.1 Å². The molecule has 88 valence electrons. The molecule has 1 heteroatoms. The van der Waals surface area contributed by atoms with Gasteiger partial charge in [0.1, 0.15) is 5.76 Å². The van der Waals surface area contributed by atoms with Gasteiger partial charge in [0.2, 0.25) is 0 Å². The van der Waals surface area contributed by atoms with Crippen LogP contribution in [0, 0.1) is 12.8 Å². The number of hydrogen-bond donors (Lipinski definition) is 0. The summed E-state index contributed by atoms with van der Waals surface area (Å²) in [6, 6.07) is 0. The number of furan rings is 1. The molecule has 0 amide bonds. The van der Waals surface area contributed by atoms with Gasteiger partial charge in [-0.25, -0.2) is 0 Å². The van der Waals surface area contributed by atoms with Crippen molar-refractivity contribution in [3.63, 3.8) is 0 Å². The van der Waals surface area contributed by atoms with Crippen molar-refractivity contribution in [2.45, 2.75) is 52.9 Å². The van der Waals surface area contributed by atoms with E-state index < -0.39 is 0 Å². The van der Waals surface area contributed by atoms with Crippen LogP contribution in [0.3, 0.4) is 0 Å². The van der Waals surface area contributed by atoms with E-state index in [0.717, 1.165) is 12.3 Å². The molecule has 0 saturated carbocycles. The van der Waals surface area contributed by atoms with Crippen molar-refractivity contribution in [2.75, 3.05) is 0 Å². The number of rotatable bonds is 0. The molecule has 1 heterocycles. The van der Waals surface area contributed by atoms with Crippen molar-refractivity contribution in [3.8, 4) is 0 Å². The Morgan fingerprint density at radius 3 is 2.88 bits per heavy atom. The van der Waals surface area contributed by atoms with Crippen molar-refractivity contribution >= 4 is 0 Å². The first-order valence-electron chi connectivity index (χ1n) is 6.38. The Balaban J connectivity index is 2.26. The van der Waals surface area contributed by atoms with Crippen molar-refractivity contribution in [3.05, 3.63) is 34.8 Å². The second-order valence-corrected chi connectivity index (χ2v) is 5.27. The average Bonchev–Trinajstić information content (AvgIpc) is 2.57. The lowest BCUT2D eigenvalue weighted by atomic mass is 9.92. The molecule has 1 aliphatic carbocycles. The first-order chi connectivity index (χ1) is 7.66. The lowest BCUT2D eigenvalue weighted by Gasteiger charge is -2.13. The summed E-state index contributed by atoms with van der Waals surface area (Å²) in [5, 5.41) is 0. The monoisotopic (exact) mass is 218 g/mol. The SMILES string of the molecule is CC1=CCC[C@H](C)CCc2c(C)coc2C1. The minimum Gasteiger partial charge on any atom is -0.468 e. The third kappa shape index (κ3) is 2.58. The fraction of sp³-hybridized carbons (Fsp3) is 0.600. The van der Waals surface area contributed by atoms with Crippen LogP contribution >= 0.6 is 0 Å². The summed E-state index contributed by atoms with van der Waals surface area (Å²) in [6.45, 7) is 6.74. The molecule has 0 aliphatic heterocycles. The van der Waals surface area contributed by atoms with E-state index in [1.807, 2.05) is 6.26 Å². The summed E-state index contributed by atoms with van der Waals surface area (Å²) in [5.74, 6) is 2.02. The van der Waals surface area contributed by atoms with E-state index >= 15 is 0 Å². The Labute approximate surface area is 98.5 Å². The molecule has 16 heavy (non-hydrogen) atoms. The summed E-state index contributed by atoms with van der Waals surface area (Å²) in [4.78, 5) is 0. The Morgan fingerprint density at radius 1 is 1.25 bits per heavy atom. The second kappa shape index (κ2) is 4.90. The molecule has 0 spiro atoms. The highest BCUT2D eigenvalue weighted by Gasteiger charge is 2.14. The third-order valence-electron chi connectivity index (χ3n) is 3.67. The van der Waals surface area contributed by atoms with Gasteiger partial charge in [-0.05, 0) is 56.6 Å². The molecule has 0 radical (unpaired) electrons. The summed E-state index contributed by atoms with van der Waals surface area (Å²) < 4.78 is 5.68. The van der Waals surface area contributed by atoms with Gasteiger partial charge >= 0.3 is 0 Å². The van der Waals surface area contributed by atoms with E-state index in [1.165, 1.54) is 48.1 Å². The van der Waals surface area contributed by atoms with Gasteiger partial charge in [0.15, 0.2) is 0 Å². The highest BCUT2D eigenvalue weighted by atomic mass is 16.3. The fourth-order valence-electron chi connectivity index (χ4n) is 2.48. The van der Waals surface area contributed by atoms with Crippen LogP contribution in [0.4, 0.5) is 0 Å². The highest BCUT2D eigenvalue weighted by molar-refractivity contribution is 5.30. The molecule has 1 aromatic heterocycles. The zero-order valence-corrected chi connectivity index (χ0v) is 10.7. The largest absolute Gasteiger partial charge is 0.468 e. The fourth-order valence-corrected chi connectivity index (χ4v) is 2.48. The first-order valence-corrected chi connectivity index (χ1v) is 6.38. The van der Waals surface area contributed by atoms with E-state index in [0.29, 0.717) is 0 Å². The number of fused-ring (bicyclic) bond motifs is 1. The molecule has 0 fully saturated rings. The summed E-state index contributed by atoms with van der Waals surface area (Å²) in [5.41, 5.74) is 4.24. The normalized spacial score (nSPS) is 22.4. The van der Waals surface area contributed by atoms with E-state index in [1.54, 1.807) is 0 Å². The van der Waals surface area contributed by atoms with Crippen LogP contribution in [0.2, 0.25) is 0 Å². The van der Waals surface area contributed by atoms with Crippen LogP contribution in [0.25, 0.3) is 0 Å². The van der Waals surface area contributed by atoms with E-state index in [4.69, 9.17) is 4.42 Å². The average molecular weight is 218 g/mol. The second-order valence-electron chi connectivity index (χ2n) is 5.27. The van der Waals surface area contributed by atoms with Crippen molar-refractivity contribution in [1.82, 2.24) is 0 Å². The van der Waals surface area contributed by atoms with Crippen LogP contribution in [0.5, 0.6) is 0 Å². The van der Waals surface area contributed by atoms with Crippen molar-refractivity contribution in [1.29, 1.82) is 0 Å². The Kier molecular flexibility index (Phi) is 3.52. The smallest absolute Gasteiger partial charge is 0.111 e. The van der Waals surface area contributed by atoms with Gasteiger partial charge in [-0.1, -0.05) is 18.6 Å². The predicted molar refractivity (Wildman–Crippen MR) is 67.6 cm³/mol. The predicted octanol–water partition coefficient (Wildman–Crippen LogP) is 4.44. The molecule has 1 aliphatic rings. The zero-order valence-electron chi connectivity index (χ0n) is 10.7. The standard InChI is InChI=1S/C15H22O/c1-11-5-4-6-12(2)9-15-14(8-7-11)13(3)10-16-15/h6,10-11H,4-5,7-9H2,1-3H3/t11-/m0/s1. The van der Waals surface area contributed by atoms with E-state index in [2.05, 4.69) is 26.8 Å². The highest BCUT2D eigenvalue weighted by Crippen LogP contribution is 2.25. The molecule has 2 rings (SSSR count). The van der Waals surface area contributed by atoms with Gasteiger partial charge in [0.05, 0.1) is 6.26 Å². The van der Waals surface area contributed by atoms with Crippen LogP contribution in [-0.2, 0) is 12.8 Å². The third-order valence-corrected chi connectivity index (χ3v) is 3.67. The Hall–Kier alpha value is -0.980. The summed E-state index contributed by atoms with van der Waals surface area (Å²) in [6.07, 6.45) is 10.3. The van der Waals surface area contributed by atoms with E-state index in [-0.39, 0.29) is 0 Å². The van der Waals surface area contributed by atoms with Gasteiger partial charge in [-0.15, -0.1) is 0 Å². The first kappa shape index (κ1) is 11.5. The lowest BCUT2D eigenvalue weighted by molar-refractivity contribution is 0.479. The summed E-state index contributed by atoms with van der Waals surface area (Å²) >= 11 is 0. The van der Waals surface area contributed by atoms with Gasteiger partial charge in [0, 0.05) is 6.42 Å². The number of aryl methyl sites for hydroxylation is 1. The summed E-state index contributed by atoms with van der Waals surface area (Å²) in [7, 11) is 0. The molecule has 0 aromatic carbocycles. The maximum atomic E-state index is 5.68. The van der Waals surface area contributed by atoms with Gasteiger partial charge in [-0.3, -0.25) is 0 Å². The molecule has 0 bridgehead atoms. The van der Waals surface area contributed by atoms with Gasteiger partial charge in [0.25, 0.3) is 0 Å². The Morgan fingerprint density at radius 2 is 2.06 bits per heavy atom. The quantitative estimate of drug-likeness (QED) is 0.587. The maximum Gasteiger partial charge on any atom is 0.111 e. The minimum atomic E-state index is 0.823. The Bertz CT molecular complexity index is 384. The minimum absolute atomic E-state index is 0.823. The molecular weight excluding hydrogens is 196 g/mol. The lowest BCUT2D eigenvalue weighted by Crippen LogP contribution is -2.02. The van der Waals surface area contributed by atoms with Crippen LogP contribution < -0.4 is 0 Å². The van der Waals surface area contributed by atoms with Gasteiger partial charge in [-0.2, -0.15) is 0 Å². The maximum absolute atomic E-state index is 5.68. The van der Waals surface area contributed by atoms with Gasteiger partial charge < -0.3 is 4.42 Å². The van der Waals surface area contributed by atoms with Crippen LogP contribution in [0.15, 0.2) is 22.3 Å². The molecule has 0 N–H and O–H groups in total. The number of allylic oxidation sites excluding steroid dienone is 2. The molecule has 0 saturated heterocycles. The van der Waals surface area contributed by atoms with Crippen molar-refractivity contribution < 1.29 is 4.42 Å². The van der Waals surface area contributed by atoms with E-state index in [9.17, 15) is 0 Å². The molecule has 1 nitrogen and oxygen atoms in total. The van der Waals surface area contributed by atoms with Crippen LogP contribution in [-0.4, -0.2) is 0 Å².